The lowest BCUT2D eigenvalue weighted by atomic mass is 9.86. The van der Waals surface area contributed by atoms with Crippen LogP contribution in [0, 0.1) is 0 Å². The number of aromatic carboxylic acids is 1. The van der Waals surface area contributed by atoms with Gasteiger partial charge in [-0.15, -0.1) is 0 Å². The largest absolute Gasteiger partial charge is 0.476 e. The molecule has 0 amide bonds. The summed E-state index contributed by atoms with van der Waals surface area (Å²) in [4.78, 5) is 23.0. The van der Waals surface area contributed by atoms with E-state index in [0.717, 1.165) is 10.3 Å². The molecule has 0 saturated heterocycles. The minimum atomic E-state index is -1.19. The van der Waals surface area contributed by atoms with Gasteiger partial charge >= 0.3 is 11.6 Å². The molecule has 0 unspecified atom stereocenters. The fourth-order valence-corrected chi connectivity index (χ4v) is 2.10. The summed E-state index contributed by atoms with van der Waals surface area (Å²) in [7, 11) is 1.40. The first-order valence-electron chi connectivity index (χ1n) is 6.26. The minimum absolute atomic E-state index is 0.00445. The van der Waals surface area contributed by atoms with Gasteiger partial charge in [0.05, 0.1) is 0 Å². The summed E-state index contributed by atoms with van der Waals surface area (Å²) < 4.78 is 5.82. The molecule has 0 atom stereocenters. The number of benzene rings is 1. The van der Waals surface area contributed by atoms with Crippen molar-refractivity contribution in [3.63, 3.8) is 0 Å². The van der Waals surface area contributed by atoms with Crippen LogP contribution in [0.2, 0.25) is 0 Å². The Kier molecular flexibility index (Phi) is 3.29. The number of carbonyl (C=O) groups is 1. The van der Waals surface area contributed by atoms with E-state index in [1.54, 1.807) is 12.1 Å². The Bertz CT molecular complexity index is 699. The number of hydrogen-bond acceptors (Lipinski definition) is 3. The van der Waals surface area contributed by atoms with Gasteiger partial charge in [0.1, 0.15) is 5.56 Å². The normalized spacial score (nSPS) is 11.6. The molecular weight excluding hydrogens is 258 g/mol. The highest BCUT2D eigenvalue weighted by molar-refractivity contribution is 5.93. The zero-order chi connectivity index (χ0) is 15.1. The Morgan fingerprint density at radius 3 is 2.20 bits per heavy atom. The lowest BCUT2D eigenvalue weighted by molar-refractivity contribution is 0.0673. The third kappa shape index (κ3) is 2.39. The first-order valence-corrected chi connectivity index (χ1v) is 6.26. The zero-order valence-electron chi connectivity index (χ0n) is 11.9. The third-order valence-corrected chi connectivity index (χ3v) is 3.22. The van der Waals surface area contributed by atoms with E-state index in [1.165, 1.54) is 7.05 Å². The molecule has 1 N–H and O–H groups in total. The second-order valence-electron chi connectivity index (χ2n) is 5.73. The summed E-state index contributed by atoms with van der Waals surface area (Å²) in [6.07, 6.45) is 0. The van der Waals surface area contributed by atoms with E-state index >= 15 is 0 Å². The van der Waals surface area contributed by atoms with E-state index in [9.17, 15) is 14.7 Å². The molecule has 5 nitrogen and oxygen atoms in total. The van der Waals surface area contributed by atoms with Gasteiger partial charge in [-0.3, -0.25) is 0 Å². The summed E-state index contributed by atoms with van der Waals surface area (Å²) in [6, 6.07) is 7.29. The zero-order valence-corrected chi connectivity index (χ0v) is 11.9. The monoisotopic (exact) mass is 275 g/mol. The molecule has 0 aliphatic carbocycles. The van der Waals surface area contributed by atoms with Crippen LogP contribution in [0.5, 0.6) is 0 Å². The molecule has 0 saturated carbocycles. The third-order valence-electron chi connectivity index (χ3n) is 3.22. The van der Waals surface area contributed by atoms with Gasteiger partial charge < -0.3 is 9.63 Å². The van der Waals surface area contributed by atoms with Crippen LogP contribution in [0.4, 0.5) is 0 Å². The van der Waals surface area contributed by atoms with Crippen molar-refractivity contribution in [2.45, 2.75) is 26.2 Å². The molecule has 0 radical (unpaired) electrons. The maximum absolute atomic E-state index is 11.8. The van der Waals surface area contributed by atoms with Gasteiger partial charge in [0.2, 0.25) is 0 Å². The topological polar surface area (TPSA) is 72.4 Å². The first kappa shape index (κ1) is 14.1. The fraction of sp³-hybridized carbons (Fsp3) is 0.333. The highest BCUT2D eigenvalue weighted by Gasteiger charge is 2.23. The number of aryl methyl sites for hydroxylation is 1. The Balaban J connectivity index is 2.58. The smallest absolute Gasteiger partial charge is 0.366 e. The predicted octanol–water partition coefficient (Wildman–Crippen LogP) is 2.64. The van der Waals surface area contributed by atoms with E-state index < -0.39 is 11.6 Å². The quantitative estimate of drug-likeness (QED) is 0.914. The molecule has 106 valence electrons. The van der Waals surface area contributed by atoms with Crippen LogP contribution in [0.3, 0.4) is 0 Å². The van der Waals surface area contributed by atoms with Crippen LogP contribution in [0.25, 0.3) is 11.1 Å². The number of carboxylic acid groups (broad SMARTS) is 1. The van der Waals surface area contributed by atoms with Gasteiger partial charge in [-0.25, -0.2) is 14.3 Å². The number of aromatic nitrogens is 1. The van der Waals surface area contributed by atoms with Crippen molar-refractivity contribution >= 4 is 5.97 Å². The van der Waals surface area contributed by atoms with Crippen LogP contribution >= 0.6 is 0 Å². The molecule has 0 fully saturated rings. The van der Waals surface area contributed by atoms with Crippen LogP contribution in [0.15, 0.2) is 33.6 Å². The molecule has 2 rings (SSSR count). The van der Waals surface area contributed by atoms with Crippen LogP contribution < -0.4 is 5.63 Å². The second kappa shape index (κ2) is 4.67. The van der Waals surface area contributed by atoms with E-state index in [-0.39, 0.29) is 16.7 Å². The van der Waals surface area contributed by atoms with Gasteiger partial charge in [-0.05, 0) is 16.5 Å². The van der Waals surface area contributed by atoms with Gasteiger partial charge in [-0.1, -0.05) is 45.0 Å². The Morgan fingerprint density at radius 1 is 1.20 bits per heavy atom. The molecular formula is C15H17NO4. The van der Waals surface area contributed by atoms with E-state index in [0.29, 0.717) is 5.56 Å². The number of nitrogens with zero attached hydrogens (tertiary/aromatic N) is 1. The maximum atomic E-state index is 11.8. The van der Waals surface area contributed by atoms with Gasteiger partial charge in [0.15, 0.2) is 5.69 Å². The van der Waals surface area contributed by atoms with Crippen LogP contribution in [0.1, 0.15) is 36.8 Å². The highest BCUT2D eigenvalue weighted by atomic mass is 16.5. The van der Waals surface area contributed by atoms with Crippen molar-refractivity contribution in [1.82, 2.24) is 4.74 Å². The summed E-state index contributed by atoms with van der Waals surface area (Å²) >= 11 is 0. The molecule has 0 spiro atoms. The average molecular weight is 275 g/mol. The average Bonchev–Trinajstić information content (AvgIpc) is 2.63. The van der Waals surface area contributed by atoms with Gasteiger partial charge in [-0.2, -0.15) is 0 Å². The molecule has 0 aliphatic heterocycles. The Labute approximate surface area is 116 Å². The molecule has 1 aromatic carbocycles. The lowest BCUT2D eigenvalue weighted by Crippen LogP contribution is -2.11. The van der Waals surface area contributed by atoms with Gasteiger partial charge in [0.25, 0.3) is 0 Å². The summed E-state index contributed by atoms with van der Waals surface area (Å²) in [5.74, 6) is -1.19. The van der Waals surface area contributed by atoms with Crippen molar-refractivity contribution in [3.05, 3.63) is 45.9 Å². The van der Waals surface area contributed by atoms with Crippen molar-refractivity contribution in [3.8, 4) is 11.1 Å². The molecule has 1 heterocycles. The van der Waals surface area contributed by atoms with Crippen molar-refractivity contribution < 1.29 is 14.4 Å². The Morgan fingerprint density at radius 2 is 1.75 bits per heavy atom. The Hall–Kier alpha value is -2.30. The molecule has 0 aliphatic rings. The van der Waals surface area contributed by atoms with Crippen molar-refractivity contribution in [1.29, 1.82) is 0 Å². The standard InChI is InChI=1S/C15H17NO4/c1-15(2,3)10-7-5-9(6-8-10)11-12(13(17)18)16(4)20-14(11)19/h5-8H,1-4H3,(H,17,18). The summed E-state index contributed by atoms with van der Waals surface area (Å²) in [6.45, 7) is 6.25. The molecule has 5 heteroatoms. The molecule has 2 aromatic rings. The lowest BCUT2D eigenvalue weighted by Gasteiger charge is -2.18. The van der Waals surface area contributed by atoms with Gasteiger partial charge in [0, 0.05) is 7.05 Å². The summed E-state index contributed by atoms with van der Waals surface area (Å²) in [5.41, 5.74) is 0.950. The predicted molar refractivity (Wildman–Crippen MR) is 75.0 cm³/mol. The number of hydrogen-bond donors (Lipinski definition) is 1. The van der Waals surface area contributed by atoms with E-state index in [1.807, 2.05) is 12.1 Å². The molecule has 0 bridgehead atoms. The van der Waals surface area contributed by atoms with Crippen molar-refractivity contribution in [2.24, 2.45) is 7.05 Å². The minimum Gasteiger partial charge on any atom is -0.476 e. The SMILES string of the molecule is Cn1oc(=O)c(-c2ccc(C(C)(C)C)cc2)c1C(=O)O. The molecule has 20 heavy (non-hydrogen) atoms. The van der Waals surface area contributed by atoms with E-state index in [4.69, 9.17) is 4.52 Å². The number of rotatable bonds is 2. The maximum Gasteiger partial charge on any atom is 0.366 e. The molecule has 1 aromatic heterocycles. The first-order chi connectivity index (χ1) is 9.21. The summed E-state index contributed by atoms with van der Waals surface area (Å²) in [5, 5.41) is 9.19. The number of carboxylic acids is 1. The van der Waals surface area contributed by atoms with E-state index in [2.05, 4.69) is 20.8 Å². The second-order valence-corrected chi connectivity index (χ2v) is 5.73. The highest BCUT2D eigenvalue weighted by Crippen LogP contribution is 2.26. The van der Waals surface area contributed by atoms with Crippen molar-refractivity contribution in [2.75, 3.05) is 0 Å². The van der Waals surface area contributed by atoms with Crippen LogP contribution in [-0.4, -0.2) is 15.8 Å². The fourth-order valence-electron chi connectivity index (χ4n) is 2.10. The van der Waals surface area contributed by atoms with Crippen LogP contribution in [-0.2, 0) is 12.5 Å².